The van der Waals surface area contributed by atoms with E-state index in [0.29, 0.717) is 11.9 Å². The zero-order chi connectivity index (χ0) is 15.5. The molecule has 0 radical (unpaired) electrons. The molecule has 1 saturated carbocycles. The molecule has 0 aromatic carbocycles. The SMILES string of the molecule is Cc1cc(-c2cnc(NCCCN(C)C)nc2C2CC2)on1. The number of anilines is 1. The maximum Gasteiger partial charge on any atom is 0.222 e. The summed E-state index contributed by atoms with van der Waals surface area (Å²) >= 11 is 0. The lowest BCUT2D eigenvalue weighted by molar-refractivity contribution is 0.405. The third-order valence-electron chi connectivity index (χ3n) is 3.74. The summed E-state index contributed by atoms with van der Waals surface area (Å²) in [6.07, 6.45) is 5.31. The maximum absolute atomic E-state index is 5.38. The predicted octanol–water partition coefficient (Wildman–Crippen LogP) is 2.68. The molecule has 118 valence electrons. The van der Waals surface area contributed by atoms with Crippen molar-refractivity contribution in [3.63, 3.8) is 0 Å². The lowest BCUT2D eigenvalue weighted by Gasteiger charge is -2.11. The van der Waals surface area contributed by atoms with Crippen LogP contribution in [0.5, 0.6) is 0 Å². The van der Waals surface area contributed by atoms with Crippen LogP contribution in [0.25, 0.3) is 11.3 Å². The molecular weight excluding hydrogens is 278 g/mol. The summed E-state index contributed by atoms with van der Waals surface area (Å²) in [4.78, 5) is 11.3. The first-order valence-electron chi connectivity index (χ1n) is 7.82. The third kappa shape index (κ3) is 3.62. The van der Waals surface area contributed by atoms with Crippen LogP contribution < -0.4 is 5.32 Å². The van der Waals surface area contributed by atoms with Gasteiger partial charge in [-0.2, -0.15) is 0 Å². The molecular formula is C16H23N5O. The number of aryl methyl sites for hydroxylation is 1. The predicted molar refractivity (Wildman–Crippen MR) is 85.9 cm³/mol. The molecule has 0 bridgehead atoms. The summed E-state index contributed by atoms with van der Waals surface area (Å²) in [6, 6.07) is 1.94. The second-order valence-corrected chi connectivity index (χ2v) is 6.18. The van der Waals surface area contributed by atoms with E-state index in [1.165, 1.54) is 12.8 Å². The molecule has 0 unspecified atom stereocenters. The van der Waals surface area contributed by atoms with Crippen LogP contribution in [0.1, 0.15) is 36.6 Å². The Labute approximate surface area is 130 Å². The number of rotatable bonds is 7. The van der Waals surface area contributed by atoms with Gasteiger partial charge in [0.15, 0.2) is 5.76 Å². The van der Waals surface area contributed by atoms with E-state index in [1.54, 1.807) is 0 Å². The van der Waals surface area contributed by atoms with Gasteiger partial charge in [0, 0.05) is 24.7 Å². The van der Waals surface area contributed by atoms with E-state index in [0.717, 1.165) is 42.2 Å². The summed E-state index contributed by atoms with van der Waals surface area (Å²) in [7, 11) is 4.16. The van der Waals surface area contributed by atoms with Crippen LogP contribution in [-0.4, -0.2) is 47.2 Å². The minimum atomic E-state index is 0.533. The zero-order valence-corrected chi connectivity index (χ0v) is 13.5. The largest absolute Gasteiger partial charge is 0.356 e. The van der Waals surface area contributed by atoms with Gasteiger partial charge in [-0.1, -0.05) is 5.16 Å². The highest BCUT2D eigenvalue weighted by molar-refractivity contribution is 5.61. The van der Waals surface area contributed by atoms with Gasteiger partial charge in [-0.3, -0.25) is 0 Å². The quantitative estimate of drug-likeness (QED) is 0.793. The average Bonchev–Trinajstić information content (AvgIpc) is 3.25. The molecule has 1 aliphatic carbocycles. The minimum Gasteiger partial charge on any atom is -0.356 e. The first-order valence-corrected chi connectivity index (χ1v) is 7.82. The van der Waals surface area contributed by atoms with E-state index < -0.39 is 0 Å². The fourth-order valence-corrected chi connectivity index (χ4v) is 2.42. The van der Waals surface area contributed by atoms with Crippen LogP contribution in [0.15, 0.2) is 16.8 Å². The smallest absolute Gasteiger partial charge is 0.222 e. The first-order chi connectivity index (χ1) is 10.6. The van der Waals surface area contributed by atoms with Gasteiger partial charge in [-0.25, -0.2) is 9.97 Å². The molecule has 6 nitrogen and oxygen atoms in total. The molecule has 2 aromatic rings. The molecule has 0 spiro atoms. The molecule has 0 saturated heterocycles. The standard InChI is InChI=1S/C16H23N5O/c1-11-9-14(22-20-11)13-10-18-16(17-7-4-8-21(2)3)19-15(13)12-5-6-12/h9-10,12H,4-8H2,1-3H3,(H,17,18,19). The van der Waals surface area contributed by atoms with E-state index in [2.05, 4.69) is 34.5 Å². The van der Waals surface area contributed by atoms with Crippen LogP contribution in [-0.2, 0) is 0 Å². The summed E-state index contributed by atoms with van der Waals surface area (Å²) in [6.45, 7) is 3.85. The molecule has 0 amide bonds. The van der Waals surface area contributed by atoms with Crippen LogP contribution in [0.2, 0.25) is 0 Å². The first kappa shape index (κ1) is 15.0. The molecule has 1 N–H and O–H groups in total. The average molecular weight is 301 g/mol. The molecule has 22 heavy (non-hydrogen) atoms. The summed E-state index contributed by atoms with van der Waals surface area (Å²) in [5.41, 5.74) is 2.94. The highest BCUT2D eigenvalue weighted by Crippen LogP contribution is 2.43. The van der Waals surface area contributed by atoms with Crippen molar-refractivity contribution in [1.29, 1.82) is 0 Å². The highest BCUT2D eigenvalue weighted by atomic mass is 16.5. The van der Waals surface area contributed by atoms with Gasteiger partial charge in [-0.05, 0) is 46.8 Å². The Bertz CT molecular complexity index is 633. The Morgan fingerprint density at radius 1 is 1.36 bits per heavy atom. The lowest BCUT2D eigenvalue weighted by Crippen LogP contribution is -2.17. The van der Waals surface area contributed by atoms with Crippen molar-refractivity contribution in [1.82, 2.24) is 20.0 Å². The monoisotopic (exact) mass is 301 g/mol. The summed E-state index contributed by atoms with van der Waals surface area (Å²) < 4.78 is 5.38. The molecule has 3 rings (SSSR count). The van der Waals surface area contributed by atoms with Gasteiger partial charge in [0.05, 0.1) is 17.0 Å². The Morgan fingerprint density at radius 3 is 2.82 bits per heavy atom. The molecule has 1 aliphatic rings. The summed E-state index contributed by atoms with van der Waals surface area (Å²) in [5.74, 6) is 2.00. The van der Waals surface area contributed by atoms with Crippen molar-refractivity contribution in [2.45, 2.75) is 32.1 Å². The van der Waals surface area contributed by atoms with E-state index in [-0.39, 0.29) is 0 Å². The topological polar surface area (TPSA) is 67.1 Å². The second-order valence-electron chi connectivity index (χ2n) is 6.18. The molecule has 0 atom stereocenters. The zero-order valence-electron chi connectivity index (χ0n) is 13.5. The van der Waals surface area contributed by atoms with Crippen molar-refractivity contribution in [3.8, 4) is 11.3 Å². The van der Waals surface area contributed by atoms with Crippen molar-refractivity contribution in [3.05, 3.63) is 23.7 Å². The van der Waals surface area contributed by atoms with Crippen LogP contribution >= 0.6 is 0 Å². The van der Waals surface area contributed by atoms with E-state index in [1.807, 2.05) is 19.2 Å². The van der Waals surface area contributed by atoms with Crippen LogP contribution in [0.4, 0.5) is 5.95 Å². The normalized spacial score (nSPS) is 14.5. The number of nitrogens with one attached hydrogen (secondary N) is 1. The Kier molecular flexibility index (Phi) is 4.38. The fraction of sp³-hybridized carbons (Fsp3) is 0.562. The van der Waals surface area contributed by atoms with Gasteiger partial charge >= 0.3 is 0 Å². The van der Waals surface area contributed by atoms with Crippen LogP contribution in [0, 0.1) is 6.92 Å². The van der Waals surface area contributed by atoms with E-state index >= 15 is 0 Å². The number of nitrogens with zero attached hydrogens (tertiary/aromatic N) is 4. The van der Waals surface area contributed by atoms with Crippen molar-refractivity contribution in [2.75, 3.05) is 32.5 Å². The summed E-state index contributed by atoms with van der Waals surface area (Å²) in [5, 5.41) is 7.27. The minimum absolute atomic E-state index is 0.533. The van der Waals surface area contributed by atoms with Gasteiger partial charge < -0.3 is 14.7 Å². The lowest BCUT2D eigenvalue weighted by atomic mass is 10.1. The van der Waals surface area contributed by atoms with Crippen molar-refractivity contribution < 1.29 is 4.52 Å². The van der Waals surface area contributed by atoms with E-state index in [9.17, 15) is 0 Å². The maximum atomic E-state index is 5.38. The van der Waals surface area contributed by atoms with Gasteiger partial charge in [0.2, 0.25) is 5.95 Å². The fourth-order valence-electron chi connectivity index (χ4n) is 2.42. The Morgan fingerprint density at radius 2 is 2.18 bits per heavy atom. The number of aromatic nitrogens is 3. The Balaban J connectivity index is 1.73. The second kappa shape index (κ2) is 6.44. The molecule has 6 heteroatoms. The van der Waals surface area contributed by atoms with Crippen molar-refractivity contribution in [2.24, 2.45) is 0 Å². The number of hydrogen-bond donors (Lipinski definition) is 1. The van der Waals surface area contributed by atoms with Gasteiger partial charge in [0.25, 0.3) is 0 Å². The third-order valence-corrected chi connectivity index (χ3v) is 3.74. The molecule has 2 aromatic heterocycles. The van der Waals surface area contributed by atoms with Gasteiger partial charge in [0.1, 0.15) is 0 Å². The highest BCUT2D eigenvalue weighted by Gasteiger charge is 2.29. The Hall–Kier alpha value is -1.95. The van der Waals surface area contributed by atoms with Gasteiger partial charge in [-0.15, -0.1) is 0 Å². The molecule has 2 heterocycles. The van der Waals surface area contributed by atoms with E-state index in [4.69, 9.17) is 9.51 Å². The number of hydrogen-bond acceptors (Lipinski definition) is 6. The molecule has 0 aliphatic heterocycles. The molecule has 1 fully saturated rings. The van der Waals surface area contributed by atoms with Crippen molar-refractivity contribution >= 4 is 5.95 Å². The van der Waals surface area contributed by atoms with Crippen LogP contribution in [0.3, 0.4) is 0 Å².